The maximum Gasteiger partial charge on any atom is 0.166 e. The van der Waals surface area contributed by atoms with E-state index in [9.17, 15) is 5.11 Å². The SMILES string of the molecule is C=CCn1c(C(O)Nc2ccc(C(=N)c3c(N)ncnc3NC(CC)CCN)cc2OC)cc2ccccc21. The van der Waals surface area contributed by atoms with Crippen molar-refractivity contribution in [3.63, 3.8) is 0 Å². The summed E-state index contributed by atoms with van der Waals surface area (Å²) in [7, 11) is 1.54. The number of hydrogen-bond acceptors (Lipinski definition) is 9. The van der Waals surface area contributed by atoms with Gasteiger partial charge in [-0.25, -0.2) is 9.97 Å². The summed E-state index contributed by atoms with van der Waals surface area (Å²) in [6.07, 6.45) is 3.76. The van der Waals surface area contributed by atoms with E-state index < -0.39 is 6.23 Å². The Morgan fingerprint density at radius 1 is 1.21 bits per heavy atom. The van der Waals surface area contributed by atoms with E-state index in [2.05, 4.69) is 34.1 Å². The summed E-state index contributed by atoms with van der Waals surface area (Å²) in [5.74, 6) is 1.15. The van der Waals surface area contributed by atoms with Gasteiger partial charge < -0.3 is 36.5 Å². The lowest BCUT2D eigenvalue weighted by atomic mass is 10.0. The lowest BCUT2D eigenvalue weighted by Gasteiger charge is -2.21. The smallest absolute Gasteiger partial charge is 0.166 e. The van der Waals surface area contributed by atoms with E-state index in [1.54, 1.807) is 31.4 Å². The van der Waals surface area contributed by atoms with Crippen LogP contribution >= 0.6 is 0 Å². The van der Waals surface area contributed by atoms with Gasteiger partial charge in [0.15, 0.2) is 6.23 Å². The van der Waals surface area contributed by atoms with E-state index in [-0.39, 0.29) is 17.6 Å². The number of allylic oxidation sites excluding steroid dienone is 1. The predicted octanol–water partition coefficient (Wildman–Crippen LogP) is 4.27. The van der Waals surface area contributed by atoms with Crippen LogP contribution in [0, 0.1) is 5.41 Å². The maximum atomic E-state index is 11.2. The number of aliphatic hydroxyl groups excluding tert-OH is 1. The minimum Gasteiger partial charge on any atom is -0.495 e. The van der Waals surface area contributed by atoms with Crippen LogP contribution in [0.4, 0.5) is 17.3 Å². The van der Waals surface area contributed by atoms with E-state index >= 15 is 0 Å². The molecule has 0 radical (unpaired) electrons. The number of hydrogen-bond donors (Lipinski definition) is 6. The van der Waals surface area contributed by atoms with Crippen molar-refractivity contribution in [3.05, 3.63) is 84.3 Å². The third-order valence-electron chi connectivity index (χ3n) is 6.69. The molecule has 204 valence electrons. The molecule has 0 aliphatic rings. The van der Waals surface area contributed by atoms with Gasteiger partial charge >= 0.3 is 0 Å². The highest BCUT2D eigenvalue weighted by Crippen LogP contribution is 2.32. The number of methoxy groups -OCH3 is 1. The van der Waals surface area contributed by atoms with Gasteiger partial charge in [-0.05, 0) is 43.7 Å². The lowest BCUT2D eigenvalue weighted by molar-refractivity contribution is 0.199. The first-order chi connectivity index (χ1) is 18.9. The first kappa shape index (κ1) is 27.6. The lowest BCUT2D eigenvalue weighted by Crippen LogP contribution is -2.25. The minimum atomic E-state index is -1.01. The number of fused-ring (bicyclic) bond motifs is 1. The van der Waals surface area contributed by atoms with Gasteiger partial charge in [0, 0.05) is 29.1 Å². The Morgan fingerprint density at radius 3 is 2.72 bits per heavy atom. The zero-order valence-electron chi connectivity index (χ0n) is 22.3. The number of rotatable bonds is 13. The molecule has 2 heterocycles. The molecule has 0 saturated carbocycles. The molecule has 10 nitrogen and oxygen atoms in total. The van der Waals surface area contributed by atoms with Gasteiger partial charge in [0.05, 0.1) is 29.8 Å². The molecule has 2 atom stereocenters. The van der Waals surface area contributed by atoms with Crippen LogP contribution in [0.2, 0.25) is 0 Å². The van der Waals surface area contributed by atoms with Gasteiger partial charge in [-0.3, -0.25) is 5.41 Å². The average Bonchev–Trinajstić information content (AvgIpc) is 3.31. The van der Waals surface area contributed by atoms with Crippen molar-refractivity contribution in [2.75, 3.05) is 30.0 Å². The number of nitrogen functional groups attached to an aromatic ring is 1. The fourth-order valence-corrected chi connectivity index (χ4v) is 4.65. The highest BCUT2D eigenvalue weighted by atomic mass is 16.5. The van der Waals surface area contributed by atoms with Crippen LogP contribution < -0.4 is 26.8 Å². The summed E-state index contributed by atoms with van der Waals surface area (Å²) in [5, 5.41) is 27.6. The Labute approximate surface area is 228 Å². The summed E-state index contributed by atoms with van der Waals surface area (Å²) < 4.78 is 7.65. The van der Waals surface area contributed by atoms with Crippen molar-refractivity contribution in [2.24, 2.45) is 5.73 Å². The zero-order chi connectivity index (χ0) is 27.9. The highest BCUT2D eigenvalue weighted by Gasteiger charge is 2.21. The molecule has 4 rings (SSSR count). The van der Waals surface area contributed by atoms with Crippen molar-refractivity contribution in [2.45, 2.75) is 38.6 Å². The molecular weight excluding hydrogens is 492 g/mol. The quantitative estimate of drug-likeness (QED) is 0.0852. The molecule has 2 aromatic heterocycles. The molecule has 0 spiro atoms. The summed E-state index contributed by atoms with van der Waals surface area (Å²) in [4.78, 5) is 8.48. The molecule has 0 fully saturated rings. The van der Waals surface area contributed by atoms with Gasteiger partial charge in [0.25, 0.3) is 0 Å². The van der Waals surface area contributed by atoms with Gasteiger partial charge in [0.2, 0.25) is 0 Å². The number of aromatic nitrogens is 3. The molecule has 2 unspecified atom stereocenters. The monoisotopic (exact) mass is 528 g/mol. The van der Waals surface area contributed by atoms with E-state index in [4.69, 9.17) is 21.6 Å². The van der Waals surface area contributed by atoms with E-state index in [0.717, 1.165) is 23.7 Å². The van der Waals surface area contributed by atoms with Gasteiger partial charge in [0.1, 0.15) is 23.7 Å². The van der Waals surface area contributed by atoms with Crippen LogP contribution in [0.5, 0.6) is 5.75 Å². The first-order valence-electron chi connectivity index (χ1n) is 12.9. The Kier molecular flexibility index (Phi) is 8.80. The van der Waals surface area contributed by atoms with E-state index in [1.165, 1.54) is 6.33 Å². The molecule has 39 heavy (non-hydrogen) atoms. The predicted molar refractivity (Wildman–Crippen MR) is 157 cm³/mol. The molecule has 4 aromatic rings. The number of nitrogens with one attached hydrogen (secondary N) is 3. The molecule has 10 heteroatoms. The summed E-state index contributed by atoms with van der Waals surface area (Å²) in [6, 6.07) is 15.3. The van der Waals surface area contributed by atoms with E-state index in [0.29, 0.717) is 47.2 Å². The average molecular weight is 529 g/mol. The molecule has 2 aromatic carbocycles. The van der Waals surface area contributed by atoms with Gasteiger partial charge in [-0.15, -0.1) is 6.58 Å². The Hall–Kier alpha value is -4.41. The van der Waals surface area contributed by atoms with Crippen molar-refractivity contribution in [3.8, 4) is 5.75 Å². The van der Waals surface area contributed by atoms with Crippen molar-refractivity contribution in [1.29, 1.82) is 5.41 Å². The number of nitrogens with two attached hydrogens (primary N) is 2. The number of ether oxygens (including phenoxy) is 1. The van der Waals surface area contributed by atoms with Gasteiger partial charge in [-0.1, -0.05) is 37.3 Å². The van der Waals surface area contributed by atoms with Crippen LogP contribution in [0.15, 0.2) is 67.5 Å². The van der Waals surface area contributed by atoms with Crippen LogP contribution in [-0.4, -0.2) is 45.0 Å². The van der Waals surface area contributed by atoms with E-state index in [1.807, 2.05) is 34.9 Å². The van der Waals surface area contributed by atoms with Crippen molar-refractivity contribution in [1.82, 2.24) is 14.5 Å². The van der Waals surface area contributed by atoms with Crippen LogP contribution in [-0.2, 0) is 6.54 Å². The Bertz CT molecular complexity index is 1470. The fourth-order valence-electron chi connectivity index (χ4n) is 4.65. The first-order valence-corrected chi connectivity index (χ1v) is 12.9. The Balaban J connectivity index is 1.63. The second-order valence-electron chi connectivity index (χ2n) is 9.17. The number of anilines is 3. The highest BCUT2D eigenvalue weighted by molar-refractivity contribution is 6.16. The second kappa shape index (κ2) is 12.4. The van der Waals surface area contributed by atoms with Crippen LogP contribution in [0.3, 0.4) is 0 Å². The summed E-state index contributed by atoms with van der Waals surface area (Å²) in [5.41, 5.74) is 15.4. The number of aliphatic hydroxyl groups is 1. The second-order valence-corrected chi connectivity index (χ2v) is 9.17. The standard InChI is InChI=1S/C29H36N8O2/c1-4-14-37-22-9-7-6-8-18(22)15-23(37)29(38)36-21-11-10-19(16-24(21)39-3)26(31)25-27(32)33-17-34-28(25)35-20(5-2)12-13-30/h4,6-11,15-17,20,29,31,36,38H,1,5,12-14,30H2,2-3H3,(H3,32,33,34,35). The normalized spacial score (nSPS) is 12.6. The molecular formula is C29H36N8O2. The summed E-state index contributed by atoms with van der Waals surface area (Å²) in [6.45, 7) is 7.00. The fraction of sp³-hybridized carbons (Fsp3) is 0.276. The third-order valence-corrected chi connectivity index (χ3v) is 6.69. The van der Waals surface area contributed by atoms with Gasteiger partial charge in [-0.2, -0.15) is 0 Å². The number of nitrogens with zero attached hydrogens (tertiary/aromatic N) is 3. The van der Waals surface area contributed by atoms with Crippen LogP contribution in [0.1, 0.15) is 42.8 Å². The van der Waals surface area contributed by atoms with Crippen molar-refractivity contribution >= 4 is 33.9 Å². The summed E-state index contributed by atoms with van der Waals surface area (Å²) >= 11 is 0. The molecule has 0 bridgehead atoms. The van der Waals surface area contributed by atoms with Crippen LogP contribution in [0.25, 0.3) is 10.9 Å². The molecule has 0 aliphatic carbocycles. The minimum absolute atomic E-state index is 0.0927. The topological polar surface area (TPSA) is 160 Å². The maximum absolute atomic E-state index is 11.2. The molecule has 0 amide bonds. The molecule has 8 N–H and O–H groups in total. The third kappa shape index (κ3) is 5.87. The number of benzene rings is 2. The molecule has 0 aliphatic heterocycles. The van der Waals surface area contributed by atoms with Crippen molar-refractivity contribution < 1.29 is 9.84 Å². The largest absolute Gasteiger partial charge is 0.495 e. The molecule has 0 saturated heterocycles. The number of para-hydroxylation sites is 1. The zero-order valence-corrected chi connectivity index (χ0v) is 22.3. The Morgan fingerprint density at radius 2 is 2.00 bits per heavy atom.